The fraction of sp³-hybridized carbons (Fsp3) is 0.917. The summed E-state index contributed by atoms with van der Waals surface area (Å²) in [6.07, 6.45) is 3.29. The predicted molar refractivity (Wildman–Crippen MR) is 61.7 cm³/mol. The highest BCUT2D eigenvalue weighted by Crippen LogP contribution is 2.36. The van der Waals surface area contributed by atoms with Crippen molar-refractivity contribution in [2.24, 2.45) is 11.7 Å². The van der Waals surface area contributed by atoms with Gasteiger partial charge in [0.15, 0.2) is 0 Å². The van der Waals surface area contributed by atoms with Gasteiger partial charge in [-0.05, 0) is 31.6 Å². The number of nitrogens with zero attached hydrogens (tertiary/aromatic N) is 1. The molecule has 2 unspecified atom stereocenters. The number of carbonyl (C=O) groups is 1. The molecule has 0 aromatic carbocycles. The predicted octanol–water partition coefficient (Wildman–Crippen LogP) is 0.484. The third-order valence-electron chi connectivity index (χ3n) is 3.97. The Kier molecular flexibility index (Phi) is 3.22. The van der Waals surface area contributed by atoms with Crippen LogP contribution in [0, 0.1) is 5.92 Å². The van der Waals surface area contributed by atoms with Gasteiger partial charge in [0.2, 0.25) is 5.91 Å². The van der Waals surface area contributed by atoms with Crippen LogP contribution in [0.4, 0.5) is 0 Å². The van der Waals surface area contributed by atoms with E-state index in [1.807, 2.05) is 18.7 Å². The van der Waals surface area contributed by atoms with Crippen molar-refractivity contribution in [3.05, 3.63) is 0 Å². The standard InChI is InChI=1S/C12H22N2O2/c1-7(2)11(13)12(16)14-8-3-4-9(14)6-10(15)5-8/h7-11,15H,3-6,13H2,1-2H3/t8?,9?,10?,11-/m0/s1. The molecule has 0 spiro atoms. The molecule has 2 heterocycles. The Bertz CT molecular complexity index is 266. The smallest absolute Gasteiger partial charge is 0.240 e. The Hall–Kier alpha value is -0.610. The maximum atomic E-state index is 12.2. The lowest BCUT2D eigenvalue weighted by molar-refractivity contribution is -0.139. The van der Waals surface area contributed by atoms with Crippen LogP contribution in [-0.4, -0.2) is 40.1 Å². The molecule has 16 heavy (non-hydrogen) atoms. The molecule has 2 aliphatic rings. The summed E-state index contributed by atoms with van der Waals surface area (Å²) in [5, 5.41) is 9.67. The van der Waals surface area contributed by atoms with Crippen LogP contribution in [-0.2, 0) is 4.79 Å². The molecular formula is C12H22N2O2. The number of fused-ring (bicyclic) bond motifs is 2. The summed E-state index contributed by atoms with van der Waals surface area (Å²) in [4.78, 5) is 14.2. The third-order valence-corrected chi connectivity index (χ3v) is 3.97. The second-order valence-electron chi connectivity index (χ2n) is 5.53. The van der Waals surface area contributed by atoms with Gasteiger partial charge in [0.05, 0.1) is 12.1 Å². The minimum atomic E-state index is -0.390. The van der Waals surface area contributed by atoms with E-state index in [-0.39, 0.29) is 30.0 Å². The zero-order valence-corrected chi connectivity index (χ0v) is 10.1. The van der Waals surface area contributed by atoms with Crippen molar-refractivity contribution in [1.29, 1.82) is 0 Å². The summed E-state index contributed by atoms with van der Waals surface area (Å²) in [6.45, 7) is 3.95. The van der Waals surface area contributed by atoms with E-state index in [0.29, 0.717) is 0 Å². The quantitative estimate of drug-likeness (QED) is 0.720. The first kappa shape index (κ1) is 11.9. The van der Waals surface area contributed by atoms with Crippen molar-refractivity contribution in [2.45, 2.75) is 63.8 Å². The minimum absolute atomic E-state index is 0.0781. The van der Waals surface area contributed by atoms with Crippen molar-refractivity contribution in [1.82, 2.24) is 4.90 Å². The van der Waals surface area contributed by atoms with Gasteiger partial charge in [-0.3, -0.25) is 4.79 Å². The number of rotatable bonds is 2. The molecule has 1 amide bonds. The second kappa shape index (κ2) is 4.34. The first-order chi connectivity index (χ1) is 7.50. The Balaban J connectivity index is 2.08. The summed E-state index contributed by atoms with van der Waals surface area (Å²) >= 11 is 0. The highest BCUT2D eigenvalue weighted by atomic mass is 16.3. The van der Waals surface area contributed by atoms with Crippen LogP contribution < -0.4 is 5.73 Å². The fourth-order valence-corrected chi connectivity index (χ4v) is 2.97. The Morgan fingerprint density at radius 2 is 1.81 bits per heavy atom. The molecule has 92 valence electrons. The molecule has 0 aromatic rings. The van der Waals surface area contributed by atoms with Crippen molar-refractivity contribution in [3.8, 4) is 0 Å². The maximum Gasteiger partial charge on any atom is 0.240 e. The molecule has 0 aliphatic carbocycles. The first-order valence-electron chi connectivity index (χ1n) is 6.26. The third kappa shape index (κ3) is 1.96. The number of aliphatic hydroxyl groups excluding tert-OH is 1. The van der Waals surface area contributed by atoms with Crippen LogP contribution in [0.1, 0.15) is 39.5 Å². The molecule has 4 nitrogen and oxygen atoms in total. The van der Waals surface area contributed by atoms with Crippen molar-refractivity contribution in [3.63, 3.8) is 0 Å². The number of nitrogens with two attached hydrogens (primary N) is 1. The fourth-order valence-electron chi connectivity index (χ4n) is 2.97. The van der Waals surface area contributed by atoms with Gasteiger partial charge in [-0.25, -0.2) is 0 Å². The van der Waals surface area contributed by atoms with E-state index in [9.17, 15) is 9.90 Å². The Morgan fingerprint density at radius 3 is 2.25 bits per heavy atom. The highest BCUT2D eigenvalue weighted by molar-refractivity contribution is 5.83. The van der Waals surface area contributed by atoms with E-state index < -0.39 is 6.04 Å². The number of hydrogen-bond acceptors (Lipinski definition) is 3. The second-order valence-corrected chi connectivity index (χ2v) is 5.53. The van der Waals surface area contributed by atoms with Gasteiger partial charge in [0.25, 0.3) is 0 Å². The van der Waals surface area contributed by atoms with Gasteiger partial charge >= 0.3 is 0 Å². The monoisotopic (exact) mass is 226 g/mol. The van der Waals surface area contributed by atoms with Crippen LogP contribution >= 0.6 is 0 Å². The number of aliphatic hydroxyl groups is 1. The zero-order chi connectivity index (χ0) is 11.9. The van der Waals surface area contributed by atoms with E-state index in [1.54, 1.807) is 0 Å². The number of hydrogen-bond donors (Lipinski definition) is 2. The zero-order valence-electron chi connectivity index (χ0n) is 10.1. The highest BCUT2D eigenvalue weighted by Gasteiger charge is 2.44. The Labute approximate surface area is 96.8 Å². The Morgan fingerprint density at radius 1 is 1.31 bits per heavy atom. The van der Waals surface area contributed by atoms with Crippen LogP contribution in [0.3, 0.4) is 0 Å². The molecule has 3 atom stereocenters. The van der Waals surface area contributed by atoms with E-state index in [1.165, 1.54) is 0 Å². The van der Waals surface area contributed by atoms with Gasteiger partial charge in [-0.15, -0.1) is 0 Å². The van der Waals surface area contributed by atoms with E-state index in [4.69, 9.17) is 5.73 Å². The first-order valence-corrected chi connectivity index (χ1v) is 6.26. The number of piperidine rings is 1. The summed E-state index contributed by atoms with van der Waals surface area (Å²) in [7, 11) is 0. The molecule has 2 fully saturated rings. The van der Waals surface area contributed by atoms with Gasteiger partial charge in [-0.1, -0.05) is 13.8 Å². The summed E-state index contributed by atoms with van der Waals surface area (Å²) in [5.41, 5.74) is 5.92. The summed E-state index contributed by atoms with van der Waals surface area (Å²) in [5.74, 6) is 0.258. The average molecular weight is 226 g/mol. The largest absolute Gasteiger partial charge is 0.393 e. The van der Waals surface area contributed by atoms with Gasteiger partial charge in [0, 0.05) is 12.1 Å². The maximum absolute atomic E-state index is 12.2. The molecule has 0 aromatic heterocycles. The summed E-state index contributed by atoms with van der Waals surface area (Å²) < 4.78 is 0. The number of amides is 1. The lowest BCUT2D eigenvalue weighted by atomic mass is 9.96. The molecule has 3 N–H and O–H groups in total. The summed E-state index contributed by atoms with van der Waals surface area (Å²) in [6, 6.07) is 0.0652. The van der Waals surface area contributed by atoms with Crippen LogP contribution in [0.15, 0.2) is 0 Å². The van der Waals surface area contributed by atoms with E-state index >= 15 is 0 Å². The SMILES string of the molecule is CC(C)[C@H](N)C(=O)N1C2CCC1CC(O)C2. The number of carbonyl (C=O) groups excluding carboxylic acids is 1. The van der Waals surface area contributed by atoms with Crippen LogP contribution in [0.5, 0.6) is 0 Å². The lowest BCUT2D eigenvalue weighted by Gasteiger charge is -2.39. The van der Waals surface area contributed by atoms with Crippen molar-refractivity contribution in [2.75, 3.05) is 0 Å². The lowest BCUT2D eigenvalue weighted by Crippen LogP contribution is -2.54. The van der Waals surface area contributed by atoms with E-state index in [0.717, 1.165) is 25.7 Å². The average Bonchev–Trinajstić information content (AvgIpc) is 2.49. The molecule has 2 rings (SSSR count). The van der Waals surface area contributed by atoms with E-state index in [2.05, 4.69) is 0 Å². The van der Waals surface area contributed by atoms with Crippen molar-refractivity contribution < 1.29 is 9.90 Å². The molecule has 0 saturated carbocycles. The molecule has 4 heteroatoms. The van der Waals surface area contributed by atoms with Gasteiger partial charge in [-0.2, -0.15) is 0 Å². The van der Waals surface area contributed by atoms with Crippen LogP contribution in [0.2, 0.25) is 0 Å². The topological polar surface area (TPSA) is 66.6 Å². The van der Waals surface area contributed by atoms with Gasteiger partial charge in [0.1, 0.15) is 0 Å². The normalized spacial score (nSPS) is 35.6. The molecule has 0 radical (unpaired) electrons. The van der Waals surface area contributed by atoms with Crippen LogP contribution in [0.25, 0.3) is 0 Å². The molecule has 2 saturated heterocycles. The molecule has 2 aliphatic heterocycles. The van der Waals surface area contributed by atoms with Crippen molar-refractivity contribution >= 4 is 5.91 Å². The van der Waals surface area contributed by atoms with Gasteiger partial charge < -0.3 is 15.7 Å². The molecular weight excluding hydrogens is 204 g/mol. The molecule has 2 bridgehead atoms. The minimum Gasteiger partial charge on any atom is -0.393 e.